The number of rotatable bonds is 2. The van der Waals surface area contributed by atoms with Gasteiger partial charge in [-0.2, -0.15) is 0 Å². The van der Waals surface area contributed by atoms with Crippen LogP contribution in [0.3, 0.4) is 0 Å². The fourth-order valence-electron chi connectivity index (χ4n) is 1.46. The van der Waals surface area contributed by atoms with Crippen LogP contribution in [0.15, 0.2) is 35.5 Å². The summed E-state index contributed by atoms with van der Waals surface area (Å²) >= 11 is 0. The van der Waals surface area contributed by atoms with Gasteiger partial charge in [0.05, 0.1) is 5.54 Å². The Morgan fingerprint density at radius 1 is 1.64 bits per heavy atom. The molecule has 1 rings (SSSR count). The molecule has 1 heteroatoms. The van der Waals surface area contributed by atoms with Crippen molar-refractivity contribution >= 4 is 0 Å². The lowest BCUT2D eigenvalue weighted by atomic mass is 9.82. The Morgan fingerprint density at radius 2 is 2.29 bits per heavy atom. The first-order valence-electron chi connectivity index (χ1n) is 4.77. The molecule has 1 atom stereocenters. The Morgan fingerprint density at radius 3 is 2.86 bits per heavy atom. The van der Waals surface area contributed by atoms with E-state index in [1.165, 1.54) is 0 Å². The number of allylic oxidation sites excluding steroid dienone is 2. The predicted octanol–water partition coefficient (Wildman–Crippen LogP) is 2.56. The zero-order valence-corrected chi connectivity index (χ0v) is 9.15. The predicted molar refractivity (Wildman–Crippen MR) is 61.6 cm³/mol. The highest BCUT2D eigenvalue weighted by molar-refractivity contribution is 5.48. The summed E-state index contributed by atoms with van der Waals surface area (Å²) in [6.45, 7) is 9.92. The minimum atomic E-state index is -0.450. The van der Waals surface area contributed by atoms with Crippen molar-refractivity contribution in [3.8, 4) is 11.8 Å². The molecule has 0 aromatic carbocycles. The first-order chi connectivity index (χ1) is 6.46. The molecule has 0 aliphatic heterocycles. The van der Waals surface area contributed by atoms with Gasteiger partial charge in [0, 0.05) is 6.42 Å². The summed E-state index contributed by atoms with van der Waals surface area (Å²) in [5, 5.41) is 0. The van der Waals surface area contributed by atoms with E-state index in [1.807, 2.05) is 26.8 Å². The molecular formula is C13H17N. The normalized spacial score (nSPS) is 19.4. The van der Waals surface area contributed by atoms with Crippen molar-refractivity contribution in [2.24, 2.45) is 5.73 Å². The lowest BCUT2D eigenvalue weighted by Crippen LogP contribution is -2.39. The number of hydrogen-bond donors (Lipinski definition) is 1. The van der Waals surface area contributed by atoms with E-state index in [0.29, 0.717) is 0 Å². The van der Waals surface area contributed by atoms with E-state index < -0.39 is 5.54 Å². The van der Waals surface area contributed by atoms with E-state index in [2.05, 4.69) is 24.5 Å². The van der Waals surface area contributed by atoms with Gasteiger partial charge in [0.1, 0.15) is 0 Å². The van der Waals surface area contributed by atoms with Crippen LogP contribution < -0.4 is 5.73 Å². The minimum Gasteiger partial charge on any atom is -0.318 e. The Bertz CT molecular complexity index is 370. The molecular weight excluding hydrogens is 170 g/mol. The van der Waals surface area contributed by atoms with Crippen LogP contribution in [0, 0.1) is 11.8 Å². The lowest BCUT2D eigenvalue weighted by molar-refractivity contribution is 0.649. The summed E-state index contributed by atoms with van der Waals surface area (Å²) in [7, 11) is 0. The van der Waals surface area contributed by atoms with Crippen molar-refractivity contribution in [1.82, 2.24) is 0 Å². The van der Waals surface area contributed by atoms with Crippen LogP contribution in [0.1, 0.15) is 27.2 Å². The van der Waals surface area contributed by atoms with Crippen molar-refractivity contribution in [3.05, 3.63) is 35.5 Å². The highest BCUT2D eigenvalue weighted by Crippen LogP contribution is 2.28. The van der Waals surface area contributed by atoms with E-state index >= 15 is 0 Å². The molecule has 0 bridgehead atoms. The summed E-state index contributed by atoms with van der Waals surface area (Å²) in [5.74, 6) is 6.02. The van der Waals surface area contributed by atoms with Gasteiger partial charge in [-0.15, -0.1) is 0 Å². The Hall–Kier alpha value is -1.26. The van der Waals surface area contributed by atoms with Gasteiger partial charge in [0.25, 0.3) is 0 Å². The third-order valence-electron chi connectivity index (χ3n) is 2.67. The fraction of sp³-hybridized carbons (Fsp3) is 0.385. The van der Waals surface area contributed by atoms with Crippen LogP contribution in [-0.4, -0.2) is 5.54 Å². The maximum atomic E-state index is 6.23. The Labute approximate surface area is 86.4 Å². The van der Waals surface area contributed by atoms with Gasteiger partial charge in [-0.05, 0) is 38.0 Å². The fourth-order valence-corrected chi connectivity index (χ4v) is 1.46. The average molecular weight is 187 g/mol. The van der Waals surface area contributed by atoms with Gasteiger partial charge < -0.3 is 5.73 Å². The molecule has 1 unspecified atom stereocenters. The first-order valence-corrected chi connectivity index (χ1v) is 4.77. The summed E-state index contributed by atoms with van der Waals surface area (Å²) in [5.41, 5.74) is 9.02. The van der Waals surface area contributed by atoms with Crippen molar-refractivity contribution in [3.63, 3.8) is 0 Å². The third-order valence-corrected chi connectivity index (χ3v) is 2.67. The molecule has 74 valence electrons. The van der Waals surface area contributed by atoms with Crippen LogP contribution in [0.25, 0.3) is 0 Å². The molecule has 0 radical (unpaired) electrons. The molecule has 1 nitrogen and oxygen atoms in total. The van der Waals surface area contributed by atoms with Gasteiger partial charge in [-0.25, -0.2) is 0 Å². The largest absolute Gasteiger partial charge is 0.318 e. The molecule has 0 saturated carbocycles. The molecule has 0 spiro atoms. The summed E-state index contributed by atoms with van der Waals surface area (Å²) < 4.78 is 0. The highest BCUT2D eigenvalue weighted by Gasteiger charge is 2.25. The first kappa shape index (κ1) is 10.8. The highest BCUT2D eigenvalue weighted by atomic mass is 14.7. The summed E-state index contributed by atoms with van der Waals surface area (Å²) in [4.78, 5) is 0. The Kier molecular flexibility index (Phi) is 2.98. The monoisotopic (exact) mass is 187 g/mol. The van der Waals surface area contributed by atoms with E-state index in [-0.39, 0.29) is 0 Å². The molecule has 14 heavy (non-hydrogen) atoms. The quantitative estimate of drug-likeness (QED) is 0.522. The minimum absolute atomic E-state index is 0.450. The molecule has 0 fully saturated rings. The maximum absolute atomic E-state index is 6.23. The zero-order chi connectivity index (χ0) is 10.8. The molecule has 0 heterocycles. The molecule has 0 amide bonds. The van der Waals surface area contributed by atoms with Crippen LogP contribution in [0.2, 0.25) is 0 Å². The Balaban J connectivity index is 3.11. The van der Waals surface area contributed by atoms with E-state index in [4.69, 9.17) is 5.73 Å². The van der Waals surface area contributed by atoms with Crippen LogP contribution >= 0.6 is 0 Å². The van der Waals surface area contributed by atoms with E-state index in [1.54, 1.807) is 0 Å². The standard InChI is InChI=1S/C13H17N/c1-10(2)13(4,14)12-9-7-5-6-8-11(12)3/h8-9H,1,7,14H2,2-4H3. The maximum Gasteiger partial charge on any atom is 0.0591 e. The molecule has 0 aromatic rings. The van der Waals surface area contributed by atoms with Gasteiger partial charge >= 0.3 is 0 Å². The number of hydrogen-bond acceptors (Lipinski definition) is 1. The van der Waals surface area contributed by atoms with E-state index in [9.17, 15) is 0 Å². The van der Waals surface area contributed by atoms with Crippen molar-refractivity contribution in [1.29, 1.82) is 0 Å². The summed E-state index contributed by atoms with van der Waals surface area (Å²) in [6.07, 6.45) is 4.79. The second-order valence-electron chi connectivity index (χ2n) is 3.95. The third kappa shape index (κ3) is 1.97. The zero-order valence-electron chi connectivity index (χ0n) is 9.15. The van der Waals surface area contributed by atoms with Crippen molar-refractivity contribution in [2.75, 3.05) is 0 Å². The number of nitrogens with two attached hydrogens (primary N) is 1. The van der Waals surface area contributed by atoms with Crippen LogP contribution in [-0.2, 0) is 0 Å². The SMILES string of the molecule is C=C(C)C(C)(N)C1=CCC#CC=C1C. The van der Waals surface area contributed by atoms with Gasteiger partial charge in [-0.1, -0.05) is 30.1 Å². The molecule has 0 aromatic heterocycles. The second-order valence-corrected chi connectivity index (χ2v) is 3.95. The molecule has 2 N–H and O–H groups in total. The topological polar surface area (TPSA) is 26.0 Å². The van der Waals surface area contributed by atoms with E-state index in [0.717, 1.165) is 23.1 Å². The average Bonchev–Trinajstić information content (AvgIpc) is 2.29. The van der Waals surface area contributed by atoms with Gasteiger partial charge in [-0.3, -0.25) is 0 Å². The molecule has 0 saturated heterocycles. The van der Waals surface area contributed by atoms with Gasteiger partial charge in [0.15, 0.2) is 0 Å². The molecule has 1 aliphatic carbocycles. The molecule has 1 aliphatic rings. The summed E-state index contributed by atoms with van der Waals surface area (Å²) in [6, 6.07) is 0. The second kappa shape index (κ2) is 3.86. The van der Waals surface area contributed by atoms with Crippen molar-refractivity contribution in [2.45, 2.75) is 32.7 Å². The van der Waals surface area contributed by atoms with Crippen LogP contribution in [0.5, 0.6) is 0 Å². The van der Waals surface area contributed by atoms with Crippen molar-refractivity contribution < 1.29 is 0 Å². The van der Waals surface area contributed by atoms with Gasteiger partial charge in [0.2, 0.25) is 0 Å². The van der Waals surface area contributed by atoms with Crippen LogP contribution in [0.4, 0.5) is 0 Å². The lowest BCUT2D eigenvalue weighted by Gasteiger charge is -2.29. The smallest absolute Gasteiger partial charge is 0.0591 e.